The summed E-state index contributed by atoms with van der Waals surface area (Å²) >= 11 is 0. The standard InChI is InChI=1S/C34H37N5O4/c1-2-19-43-34(42)38-22-25-15-13-24(14-16-25)21-37-32(40)29(20-26-17-18-30(35)36-23-26)39-33(41)31(27-9-5-3-6-10-27)28-11-7-4-8-12-28/h3-18,23,29,31H,2,19-22H2,1H3,(H2,35,36)(H,37,40)(H,38,42)(H,39,41). The molecule has 222 valence electrons. The van der Waals surface area contributed by atoms with E-state index in [4.69, 9.17) is 10.5 Å². The first-order chi connectivity index (χ1) is 20.9. The lowest BCUT2D eigenvalue weighted by Crippen LogP contribution is -2.49. The second-order valence-electron chi connectivity index (χ2n) is 10.1. The molecular weight excluding hydrogens is 542 g/mol. The Morgan fingerprint density at radius 1 is 0.744 bits per heavy atom. The van der Waals surface area contributed by atoms with Gasteiger partial charge >= 0.3 is 6.09 Å². The number of hydrogen-bond acceptors (Lipinski definition) is 6. The Kier molecular flexibility index (Phi) is 11.2. The topological polar surface area (TPSA) is 135 Å². The molecule has 0 fully saturated rings. The molecule has 0 aliphatic heterocycles. The van der Waals surface area contributed by atoms with E-state index in [2.05, 4.69) is 20.9 Å². The number of nitrogen functional groups attached to an aromatic ring is 1. The number of nitrogens with two attached hydrogens (primary N) is 1. The molecule has 0 radical (unpaired) electrons. The van der Waals surface area contributed by atoms with Crippen LogP contribution >= 0.6 is 0 Å². The molecule has 0 saturated heterocycles. The van der Waals surface area contributed by atoms with E-state index in [9.17, 15) is 14.4 Å². The number of hydrogen-bond donors (Lipinski definition) is 4. The number of nitrogens with one attached hydrogen (secondary N) is 3. The lowest BCUT2D eigenvalue weighted by Gasteiger charge is -2.23. The van der Waals surface area contributed by atoms with Crippen LogP contribution in [0, 0.1) is 0 Å². The summed E-state index contributed by atoms with van der Waals surface area (Å²) in [5.74, 6) is -0.828. The molecule has 1 aromatic heterocycles. The minimum absolute atomic E-state index is 0.236. The van der Waals surface area contributed by atoms with Gasteiger partial charge in [-0.3, -0.25) is 9.59 Å². The fraction of sp³-hybridized carbons (Fsp3) is 0.235. The van der Waals surface area contributed by atoms with Gasteiger partial charge in [0.1, 0.15) is 11.9 Å². The summed E-state index contributed by atoms with van der Waals surface area (Å²) in [6.45, 7) is 2.91. The first kappa shape index (κ1) is 30.8. The van der Waals surface area contributed by atoms with E-state index in [0.29, 0.717) is 19.0 Å². The Balaban J connectivity index is 1.45. The van der Waals surface area contributed by atoms with Crippen molar-refractivity contribution in [3.8, 4) is 0 Å². The van der Waals surface area contributed by atoms with Gasteiger partial charge in [-0.25, -0.2) is 9.78 Å². The van der Waals surface area contributed by atoms with Crippen molar-refractivity contribution in [2.75, 3.05) is 12.3 Å². The van der Waals surface area contributed by atoms with Crippen molar-refractivity contribution >= 4 is 23.7 Å². The lowest BCUT2D eigenvalue weighted by atomic mass is 9.90. The molecule has 1 atom stereocenters. The minimum Gasteiger partial charge on any atom is -0.450 e. The van der Waals surface area contributed by atoms with Crippen LogP contribution in [0.2, 0.25) is 0 Å². The zero-order valence-electron chi connectivity index (χ0n) is 24.2. The minimum atomic E-state index is -0.856. The molecule has 4 aromatic rings. The van der Waals surface area contributed by atoms with E-state index in [1.165, 1.54) is 0 Å². The van der Waals surface area contributed by atoms with Crippen LogP contribution in [0.5, 0.6) is 0 Å². The summed E-state index contributed by atoms with van der Waals surface area (Å²) in [5.41, 5.74) is 9.94. The fourth-order valence-electron chi connectivity index (χ4n) is 4.55. The third-order valence-corrected chi connectivity index (χ3v) is 6.81. The van der Waals surface area contributed by atoms with Crippen molar-refractivity contribution in [2.45, 2.75) is 44.8 Å². The van der Waals surface area contributed by atoms with Crippen LogP contribution in [0.4, 0.5) is 10.6 Å². The summed E-state index contributed by atoms with van der Waals surface area (Å²) in [6, 6.07) is 29.1. The van der Waals surface area contributed by atoms with Gasteiger partial charge < -0.3 is 26.4 Å². The number of aromatic nitrogens is 1. The highest BCUT2D eigenvalue weighted by atomic mass is 16.5. The first-order valence-electron chi connectivity index (χ1n) is 14.3. The number of amides is 3. The Labute approximate surface area is 251 Å². The highest BCUT2D eigenvalue weighted by Crippen LogP contribution is 2.25. The zero-order chi connectivity index (χ0) is 30.4. The average molecular weight is 580 g/mol. The van der Waals surface area contributed by atoms with Crippen molar-refractivity contribution in [1.29, 1.82) is 0 Å². The van der Waals surface area contributed by atoms with Crippen LogP contribution in [-0.2, 0) is 33.8 Å². The molecule has 0 saturated carbocycles. The maximum absolute atomic E-state index is 13.8. The molecule has 0 aliphatic carbocycles. The summed E-state index contributed by atoms with van der Waals surface area (Å²) < 4.78 is 5.03. The van der Waals surface area contributed by atoms with Gasteiger partial charge in [-0.2, -0.15) is 0 Å². The van der Waals surface area contributed by atoms with Gasteiger partial charge in [0.05, 0.1) is 12.5 Å². The number of carbonyl (C=O) groups excluding carboxylic acids is 3. The number of benzene rings is 3. The molecule has 3 amide bonds. The van der Waals surface area contributed by atoms with Gasteiger partial charge in [-0.1, -0.05) is 97.9 Å². The third kappa shape index (κ3) is 9.43. The fourth-order valence-corrected chi connectivity index (χ4v) is 4.55. The third-order valence-electron chi connectivity index (χ3n) is 6.81. The van der Waals surface area contributed by atoms with Gasteiger partial charge in [-0.05, 0) is 40.3 Å². The predicted octanol–water partition coefficient (Wildman–Crippen LogP) is 4.48. The maximum Gasteiger partial charge on any atom is 0.407 e. The number of carbonyl (C=O) groups is 3. The van der Waals surface area contributed by atoms with Crippen LogP contribution in [0.25, 0.3) is 0 Å². The van der Waals surface area contributed by atoms with Crippen molar-refractivity contribution in [2.24, 2.45) is 0 Å². The number of pyridine rings is 1. The van der Waals surface area contributed by atoms with E-state index in [0.717, 1.165) is 34.2 Å². The van der Waals surface area contributed by atoms with Crippen LogP contribution in [0.1, 0.15) is 47.1 Å². The molecule has 1 heterocycles. The highest BCUT2D eigenvalue weighted by Gasteiger charge is 2.28. The largest absolute Gasteiger partial charge is 0.450 e. The summed E-state index contributed by atoms with van der Waals surface area (Å²) in [4.78, 5) is 43.2. The van der Waals surface area contributed by atoms with Crippen LogP contribution in [0.15, 0.2) is 103 Å². The molecule has 1 unspecified atom stereocenters. The normalized spacial score (nSPS) is 11.4. The molecule has 4 rings (SSSR count). The number of nitrogens with zero attached hydrogens (tertiary/aromatic N) is 1. The highest BCUT2D eigenvalue weighted by molar-refractivity contribution is 5.92. The average Bonchev–Trinajstić information content (AvgIpc) is 3.04. The van der Waals surface area contributed by atoms with Gasteiger partial charge in [0.2, 0.25) is 11.8 Å². The van der Waals surface area contributed by atoms with Crippen molar-refractivity contribution in [3.05, 3.63) is 131 Å². The van der Waals surface area contributed by atoms with E-state index >= 15 is 0 Å². The van der Waals surface area contributed by atoms with E-state index in [1.807, 2.05) is 91.9 Å². The number of rotatable bonds is 13. The van der Waals surface area contributed by atoms with Gasteiger partial charge in [0, 0.05) is 25.7 Å². The zero-order valence-corrected chi connectivity index (χ0v) is 24.2. The van der Waals surface area contributed by atoms with Gasteiger partial charge in [0.15, 0.2) is 0 Å². The molecule has 0 bridgehead atoms. The van der Waals surface area contributed by atoms with Crippen molar-refractivity contribution < 1.29 is 19.1 Å². The number of alkyl carbamates (subject to hydrolysis) is 1. The number of anilines is 1. The van der Waals surface area contributed by atoms with Crippen LogP contribution in [0.3, 0.4) is 0 Å². The lowest BCUT2D eigenvalue weighted by molar-refractivity contribution is -0.129. The summed E-state index contributed by atoms with van der Waals surface area (Å²) in [6.07, 6.45) is 2.15. The monoisotopic (exact) mass is 579 g/mol. The van der Waals surface area contributed by atoms with Crippen molar-refractivity contribution in [1.82, 2.24) is 20.9 Å². The smallest absolute Gasteiger partial charge is 0.407 e. The Morgan fingerprint density at radius 3 is 1.84 bits per heavy atom. The molecule has 5 N–H and O–H groups in total. The molecular formula is C34H37N5O4. The summed E-state index contributed by atoms with van der Waals surface area (Å²) in [7, 11) is 0. The predicted molar refractivity (Wildman–Crippen MR) is 166 cm³/mol. The van der Waals surface area contributed by atoms with Gasteiger partial charge in [0.25, 0.3) is 0 Å². The Hall–Kier alpha value is -5.18. The molecule has 43 heavy (non-hydrogen) atoms. The van der Waals surface area contributed by atoms with Crippen LogP contribution in [-0.4, -0.2) is 35.5 Å². The SMILES string of the molecule is CCCOC(=O)NCc1ccc(CNC(=O)C(Cc2ccc(N)nc2)NC(=O)C(c2ccccc2)c2ccccc2)cc1. The molecule has 0 spiro atoms. The maximum atomic E-state index is 13.8. The Morgan fingerprint density at radius 2 is 1.30 bits per heavy atom. The van der Waals surface area contributed by atoms with Gasteiger partial charge in [-0.15, -0.1) is 0 Å². The second kappa shape index (κ2) is 15.7. The molecule has 3 aromatic carbocycles. The van der Waals surface area contributed by atoms with E-state index < -0.39 is 18.1 Å². The second-order valence-corrected chi connectivity index (χ2v) is 10.1. The molecule has 0 aliphatic rings. The number of ether oxygens (including phenoxy) is 1. The van der Waals surface area contributed by atoms with Crippen molar-refractivity contribution in [3.63, 3.8) is 0 Å². The first-order valence-corrected chi connectivity index (χ1v) is 14.3. The molecule has 9 heteroatoms. The quantitative estimate of drug-likeness (QED) is 0.185. The van der Waals surface area contributed by atoms with Crippen LogP contribution < -0.4 is 21.7 Å². The van der Waals surface area contributed by atoms with E-state index in [1.54, 1.807) is 18.3 Å². The van der Waals surface area contributed by atoms with E-state index in [-0.39, 0.29) is 24.8 Å². The molecule has 9 nitrogen and oxygen atoms in total. The Bertz CT molecular complexity index is 1420. The summed E-state index contributed by atoms with van der Waals surface area (Å²) in [5, 5.41) is 8.67.